The summed E-state index contributed by atoms with van der Waals surface area (Å²) in [4.78, 5) is 0. The van der Waals surface area contributed by atoms with Gasteiger partial charge in [-0.15, -0.1) is 0 Å². The zero-order valence-electron chi connectivity index (χ0n) is 10.1. The summed E-state index contributed by atoms with van der Waals surface area (Å²) in [6.45, 7) is 0. The van der Waals surface area contributed by atoms with Crippen LogP contribution in [-0.2, 0) is 9.84 Å². The molecule has 0 amide bonds. The maximum Gasteiger partial charge on any atom is 0.194 e. The Labute approximate surface area is 114 Å². The Bertz CT molecular complexity index is 728. The fourth-order valence-corrected chi connectivity index (χ4v) is 2.26. The Morgan fingerprint density at radius 3 is 2.63 bits per heavy atom. The summed E-state index contributed by atoms with van der Waals surface area (Å²) >= 11 is 5.78. The molecule has 0 aliphatic heterocycles. The van der Waals surface area contributed by atoms with E-state index in [2.05, 4.69) is 5.10 Å². The average molecular weight is 305 g/mol. The van der Waals surface area contributed by atoms with Gasteiger partial charge in [0.1, 0.15) is 11.4 Å². The quantitative estimate of drug-likeness (QED) is 0.871. The summed E-state index contributed by atoms with van der Waals surface area (Å²) in [5.41, 5.74) is 0.0520. The smallest absolute Gasteiger partial charge is 0.194 e. The molecule has 19 heavy (non-hydrogen) atoms. The van der Waals surface area contributed by atoms with Gasteiger partial charge in [-0.05, 0) is 12.1 Å². The molecule has 2 aromatic rings. The highest BCUT2D eigenvalue weighted by atomic mass is 35.5. The van der Waals surface area contributed by atoms with E-state index in [-0.39, 0.29) is 21.5 Å². The molecule has 0 unspecified atom stereocenters. The first-order valence-electron chi connectivity index (χ1n) is 5.12. The molecule has 0 aliphatic rings. The van der Waals surface area contributed by atoms with Crippen molar-refractivity contribution in [2.75, 3.05) is 13.4 Å². The Balaban J connectivity index is 2.56. The molecule has 1 heterocycles. The minimum Gasteiger partial charge on any atom is -0.495 e. The van der Waals surface area contributed by atoms with E-state index >= 15 is 0 Å². The number of halogens is 2. The van der Waals surface area contributed by atoms with Crippen LogP contribution in [0.2, 0.25) is 5.02 Å². The molecule has 0 radical (unpaired) electrons. The number of hydrogen-bond donors (Lipinski definition) is 0. The van der Waals surface area contributed by atoms with Crippen LogP contribution in [0.15, 0.2) is 29.4 Å². The van der Waals surface area contributed by atoms with Gasteiger partial charge in [0.2, 0.25) is 0 Å². The second-order valence-corrected chi connectivity index (χ2v) is 6.18. The number of benzene rings is 1. The average Bonchev–Trinajstić information content (AvgIpc) is 2.78. The summed E-state index contributed by atoms with van der Waals surface area (Å²) in [6, 6.07) is 3.71. The highest BCUT2D eigenvalue weighted by molar-refractivity contribution is 7.90. The standard InChI is InChI=1S/C11H10ClFN2O3S/c1-18-10-6-9(8(13)5-7(10)12)15-4-3-11(14-15)19(2,16)17/h3-6H,1-2H3. The van der Waals surface area contributed by atoms with E-state index in [0.717, 1.165) is 17.0 Å². The Morgan fingerprint density at radius 2 is 2.11 bits per heavy atom. The first-order valence-corrected chi connectivity index (χ1v) is 7.39. The number of nitrogens with zero attached hydrogens (tertiary/aromatic N) is 2. The van der Waals surface area contributed by atoms with Crippen molar-refractivity contribution in [3.05, 3.63) is 35.2 Å². The highest BCUT2D eigenvalue weighted by Crippen LogP contribution is 2.29. The van der Waals surface area contributed by atoms with E-state index in [1.807, 2.05) is 0 Å². The van der Waals surface area contributed by atoms with Crippen molar-refractivity contribution in [1.29, 1.82) is 0 Å². The van der Waals surface area contributed by atoms with Crippen LogP contribution in [0.3, 0.4) is 0 Å². The minimum atomic E-state index is -3.44. The lowest BCUT2D eigenvalue weighted by molar-refractivity contribution is 0.413. The van der Waals surface area contributed by atoms with Crippen molar-refractivity contribution in [2.45, 2.75) is 5.03 Å². The number of aromatic nitrogens is 2. The molecule has 0 N–H and O–H groups in total. The summed E-state index contributed by atoms with van der Waals surface area (Å²) < 4.78 is 42.6. The lowest BCUT2D eigenvalue weighted by Crippen LogP contribution is -2.03. The third-order valence-corrected chi connectivity index (χ3v) is 3.69. The monoisotopic (exact) mass is 304 g/mol. The molecule has 0 aliphatic carbocycles. The zero-order chi connectivity index (χ0) is 14.2. The second kappa shape index (κ2) is 4.82. The van der Waals surface area contributed by atoms with Crippen molar-refractivity contribution >= 4 is 21.4 Å². The normalized spacial score (nSPS) is 11.6. The van der Waals surface area contributed by atoms with Gasteiger partial charge in [0.25, 0.3) is 0 Å². The molecule has 0 bridgehead atoms. The first-order chi connectivity index (χ1) is 8.82. The predicted octanol–water partition coefficient (Wildman–Crippen LogP) is 2.08. The van der Waals surface area contributed by atoms with E-state index in [9.17, 15) is 12.8 Å². The second-order valence-electron chi connectivity index (χ2n) is 3.81. The van der Waals surface area contributed by atoms with Crippen LogP contribution in [0.25, 0.3) is 5.69 Å². The largest absolute Gasteiger partial charge is 0.495 e. The van der Waals surface area contributed by atoms with E-state index in [1.165, 1.54) is 25.4 Å². The van der Waals surface area contributed by atoms with Crippen molar-refractivity contribution < 1.29 is 17.5 Å². The molecule has 8 heteroatoms. The van der Waals surface area contributed by atoms with Gasteiger partial charge in [-0.25, -0.2) is 17.5 Å². The summed E-state index contributed by atoms with van der Waals surface area (Å²) in [5.74, 6) is -0.358. The van der Waals surface area contributed by atoms with Gasteiger partial charge in [-0.1, -0.05) is 11.6 Å². The van der Waals surface area contributed by atoms with Gasteiger partial charge >= 0.3 is 0 Å². The van der Waals surface area contributed by atoms with Crippen LogP contribution in [0.4, 0.5) is 4.39 Å². The van der Waals surface area contributed by atoms with Crippen LogP contribution in [0.1, 0.15) is 0 Å². The van der Waals surface area contributed by atoms with Crippen molar-refractivity contribution in [2.24, 2.45) is 0 Å². The van der Waals surface area contributed by atoms with Gasteiger partial charge in [-0.3, -0.25) is 0 Å². The van der Waals surface area contributed by atoms with E-state index in [4.69, 9.17) is 16.3 Å². The van der Waals surface area contributed by atoms with Gasteiger partial charge in [0.05, 0.1) is 12.1 Å². The topological polar surface area (TPSA) is 61.2 Å². The lowest BCUT2D eigenvalue weighted by Gasteiger charge is -2.08. The Kier molecular flexibility index (Phi) is 3.51. The fraction of sp³-hybridized carbons (Fsp3) is 0.182. The summed E-state index contributed by atoms with van der Waals surface area (Å²) in [7, 11) is -2.04. The maximum absolute atomic E-state index is 13.8. The van der Waals surface area contributed by atoms with Crippen LogP contribution in [-0.4, -0.2) is 31.6 Å². The molecule has 1 aromatic heterocycles. The Hall–Kier alpha value is -1.60. The van der Waals surface area contributed by atoms with Gasteiger partial charge in [0.15, 0.2) is 20.7 Å². The molecule has 1 aromatic carbocycles. The van der Waals surface area contributed by atoms with Crippen molar-refractivity contribution in [1.82, 2.24) is 9.78 Å². The molecular weight excluding hydrogens is 295 g/mol. The molecular formula is C11H10ClFN2O3S. The number of methoxy groups -OCH3 is 1. The predicted molar refractivity (Wildman–Crippen MR) is 68.2 cm³/mol. The minimum absolute atomic E-state index is 0.0520. The molecule has 0 saturated carbocycles. The molecule has 0 saturated heterocycles. The highest BCUT2D eigenvalue weighted by Gasteiger charge is 2.15. The summed E-state index contributed by atoms with van der Waals surface area (Å²) in [5, 5.41) is 3.79. The van der Waals surface area contributed by atoms with Crippen molar-refractivity contribution in [3.8, 4) is 11.4 Å². The summed E-state index contributed by atoms with van der Waals surface area (Å²) in [6.07, 6.45) is 2.38. The van der Waals surface area contributed by atoms with Gasteiger partial charge < -0.3 is 4.74 Å². The van der Waals surface area contributed by atoms with E-state index < -0.39 is 15.7 Å². The molecule has 0 fully saturated rings. The lowest BCUT2D eigenvalue weighted by atomic mass is 10.3. The molecule has 0 spiro atoms. The molecule has 0 atom stereocenters. The zero-order valence-corrected chi connectivity index (χ0v) is 11.7. The van der Waals surface area contributed by atoms with Crippen LogP contribution < -0.4 is 4.74 Å². The van der Waals surface area contributed by atoms with E-state index in [0.29, 0.717) is 0 Å². The maximum atomic E-state index is 13.8. The molecule has 2 rings (SSSR count). The Morgan fingerprint density at radius 1 is 1.42 bits per heavy atom. The number of hydrogen-bond acceptors (Lipinski definition) is 4. The number of rotatable bonds is 3. The fourth-order valence-electron chi connectivity index (χ4n) is 1.49. The third kappa shape index (κ3) is 2.71. The third-order valence-electron chi connectivity index (χ3n) is 2.41. The van der Waals surface area contributed by atoms with E-state index in [1.54, 1.807) is 0 Å². The van der Waals surface area contributed by atoms with Crippen LogP contribution >= 0.6 is 11.6 Å². The van der Waals surface area contributed by atoms with Crippen LogP contribution in [0, 0.1) is 5.82 Å². The first kappa shape index (κ1) is 13.8. The number of sulfone groups is 1. The SMILES string of the molecule is COc1cc(-n2ccc(S(C)(=O)=O)n2)c(F)cc1Cl. The number of ether oxygens (including phenoxy) is 1. The molecule has 5 nitrogen and oxygen atoms in total. The van der Waals surface area contributed by atoms with Crippen molar-refractivity contribution in [3.63, 3.8) is 0 Å². The van der Waals surface area contributed by atoms with Crippen LogP contribution in [0.5, 0.6) is 5.75 Å². The molecule has 102 valence electrons. The van der Waals surface area contributed by atoms with Gasteiger partial charge in [-0.2, -0.15) is 5.10 Å². The van der Waals surface area contributed by atoms with Gasteiger partial charge in [0, 0.05) is 18.5 Å².